The van der Waals surface area contributed by atoms with Crippen LogP contribution in [-0.2, 0) is 20.5 Å². The highest BCUT2D eigenvalue weighted by Gasteiger charge is 2.33. The van der Waals surface area contributed by atoms with Gasteiger partial charge in [-0.05, 0) is 25.0 Å². The minimum Gasteiger partial charge on any atom is -0.447 e. The molecule has 31 heavy (non-hydrogen) atoms. The topological polar surface area (TPSA) is 62.7 Å². The summed E-state index contributed by atoms with van der Waals surface area (Å²) in [5.74, 6) is -0.744. The zero-order valence-electron chi connectivity index (χ0n) is 17.3. The Kier molecular flexibility index (Phi) is 6.82. The van der Waals surface area contributed by atoms with Crippen LogP contribution in [-0.4, -0.2) is 48.9 Å². The number of hydrogen-bond donors (Lipinski definition) is 0. The number of pyridine rings is 1. The Balaban J connectivity index is 1.62. The minimum absolute atomic E-state index is 0.328. The maximum Gasteiger partial charge on any atom is 0.417 e. The van der Waals surface area contributed by atoms with Crippen LogP contribution < -0.4 is 4.90 Å². The number of ether oxygens (including phenoxy) is 1. The first-order valence-electron chi connectivity index (χ1n) is 9.91. The first-order chi connectivity index (χ1) is 14.7. The molecule has 1 amide bonds. The van der Waals surface area contributed by atoms with Crippen molar-refractivity contribution >= 4 is 17.7 Å². The molecule has 1 aliphatic heterocycles. The maximum atomic E-state index is 12.8. The summed E-state index contributed by atoms with van der Waals surface area (Å²) in [5, 5.41) is 0. The molecule has 2 heterocycles. The predicted octanol–water partition coefficient (Wildman–Crippen LogP) is 3.69. The van der Waals surface area contributed by atoms with E-state index < -0.39 is 29.7 Å². The van der Waals surface area contributed by atoms with Crippen molar-refractivity contribution in [2.45, 2.75) is 25.1 Å². The molecule has 1 aromatic heterocycles. The van der Waals surface area contributed by atoms with E-state index in [9.17, 15) is 22.8 Å². The smallest absolute Gasteiger partial charge is 0.417 e. The van der Waals surface area contributed by atoms with Crippen molar-refractivity contribution in [2.75, 3.05) is 32.1 Å². The molecule has 0 bridgehead atoms. The van der Waals surface area contributed by atoms with Gasteiger partial charge in [-0.2, -0.15) is 13.2 Å². The number of carbonyl (C=O) groups excluding carboxylic acids is 2. The number of hydrogen-bond acceptors (Lipinski definition) is 5. The first kappa shape index (κ1) is 22.6. The molecule has 2 aromatic rings. The van der Waals surface area contributed by atoms with Crippen LogP contribution in [0.4, 0.5) is 19.0 Å². The fourth-order valence-electron chi connectivity index (χ4n) is 3.42. The molecule has 0 aliphatic carbocycles. The molecule has 0 saturated carbocycles. The largest absolute Gasteiger partial charge is 0.447 e. The lowest BCUT2D eigenvalue weighted by Crippen LogP contribution is -2.39. The summed E-state index contributed by atoms with van der Waals surface area (Å²) >= 11 is 0. The van der Waals surface area contributed by atoms with Gasteiger partial charge in [0.1, 0.15) is 5.82 Å². The summed E-state index contributed by atoms with van der Waals surface area (Å²) in [7, 11) is 3.20. The second kappa shape index (κ2) is 9.36. The van der Waals surface area contributed by atoms with Crippen molar-refractivity contribution in [1.82, 2.24) is 9.88 Å². The summed E-state index contributed by atoms with van der Waals surface area (Å²) in [4.78, 5) is 32.4. The molecule has 1 atom stereocenters. The molecule has 1 saturated heterocycles. The zero-order valence-corrected chi connectivity index (χ0v) is 17.3. The zero-order chi connectivity index (χ0) is 22.6. The third-order valence-electron chi connectivity index (χ3n) is 5.23. The second-order valence-electron chi connectivity index (χ2n) is 7.62. The maximum absolute atomic E-state index is 12.8. The van der Waals surface area contributed by atoms with Crippen molar-refractivity contribution in [3.8, 4) is 0 Å². The van der Waals surface area contributed by atoms with Crippen LogP contribution >= 0.6 is 0 Å². The van der Waals surface area contributed by atoms with Gasteiger partial charge in [0.25, 0.3) is 5.91 Å². The number of amides is 1. The fraction of sp³-hybridized carbons (Fsp3) is 0.409. The Morgan fingerprint density at radius 3 is 2.26 bits per heavy atom. The number of aromatic nitrogens is 1. The van der Waals surface area contributed by atoms with E-state index in [2.05, 4.69) is 4.98 Å². The first-order valence-corrected chi connectivity index (χ1v) is 9.91. The molecule has 0 spiro atoms. The molecule has 3 rings (SSSR count). The Bertz CT molecular complexity index is 894. The Morgan fingerprint density at radius 2 is 1.74 bits per heavy atom. The number of anilines is 1. The molecule has 0 N–H and O–H groups in total. The lowest BCUT2D eigenvalue weighted by molar-refractivity contribution is -0.163. The third-order valence-corrected chi connectivity index (χ3v) is 5.23. The van der Waals surface area contributed by atoms with Gasteiger partial charge < -0.3 is 14.5 Å². The molecule has 1 aromatic carbocycles. The standard InChI is InChI=1S/C22H24F3N3O3/c1-27(2)20(29)19(15-6-4-3-5-7-15)31-21(30)16-10-12-28(13-11-16)18-9-8-17(14-26-18)22(23,24)25/h3-9,14,16,19H,10-13H2,1-2H3/t19-/m0/s1. The summed E-state index contributed by atoms with van der Waals surface area (Å²) in [6.45, 7) is 0.908. The average Bonchev–Trinajstić information content (AvgIpc) is 2.77. The molecule has 9 heteroatoms. The van der Waals surface area contributed by atoms with Gasteiger partial charge in [-0.1, -0.05) is 30.3 Å². The highest BCUT2D eigenvalue weighted by Crippen LogP contribution is 2.31. The highest BCUT2D eigenvalue weighted by atomic mass is 19.4. The lowest BCUT2D eigenvalue weighted by Gasteiger charge is -2.32. The van der Waals surface area contributed by atoms with Crippen LogP contribution in [0.3, 0.4) is 0 Å². The summed E-state index contributed by atoms with van der Waals surface area (Å²) in [6.07, 6.45) is -3.72. The number of benzene rings is 1. The van der Waals surface area contributed by atoms with Crippen molar-refractivity contribution < 1.29 is 27.5 Å². The van der Waals surface area contributed by atoms with Crippen LogP contribution in [0.15, 0.2) is 48.7 Å². The second-order valence-corrected chi connectivity index (χ2v) is 7.62. The van der Waals surface area contributed by atoms with Crippen LogP contribution in [0.1, 0.15) is 30.1 Å². The van der Waals surface area contributed by atoms with Gasteiger partial charge in [0.2, 0.25) is 6.10 Å². The van der Waals surface area contributed by atoms with Gasteiger partial charge in [-0.15, -0.1) is 0 Å². The molecule has 6 nitrogen and oxygen atoms in total. The number of nitrogens with zero attached hydrogens (tertiary/aromatic N) is 3. The van der Waals surface area contributed by atoms with E-state index in [1.54, 1.807) is 38.4 Å². The lowest BCUT2D eigenvalue weighted by atomic mass is 9.96. The number of esters is 1. The van der Waals surface area contributed by atoms with Gasteiger partial charge in [-0.25, -0.2) is 4.98 Å². The molecule has 0 radical (unpaired) electrons. The summed E-state index contributed by atoms with van der Waals surface area (Å²) < 4.78 is 43.7. The van der Waals surface area contributed by atoms with E-state index in [1.807, 2.05) is 11.0 Å². The number of likely N-dealkylation sites (N-methyl/N-ethyl adjacent to an activating group) is 1. The summed E-state index contributed by atoms with van der Waals surface area (Å²) in [6, 6.07) is 11.2. The van der Waals surface area contributed by atoms with Gasteiger partial charge in [-0.3, -0.25) is 9.59 Å². The van der Waals surface area contributed by atoms with Gasteiger partial charge in [0.05, 0.1) is 11.5 Å². The number of alkyl halides is 3. The Hall–Kier alpha value is -3.10. The monoisotopic (exact) mass is 435 g/mol. The van der Waals surface area contributed by atoms with Crippen LogP contribution in [0.5, 0.6) is 0 Å². The Labute approximate surface area is 178 Å². The van der Waals surface area contributed by atoms with Crippen molar-refractivity contribution in [3.63, 3.8) is 0 Å². The van der Waals surface area contributed by atoms with Crippen LogP contribution in [0, 0.1) is 5.92 Å². The van der Waals surface area contributed by atoms with E-state index >= 15 is 0 Å². The normalized spacial score (nSPS) is 16.0. The van der Waals surface area contributed by atoms with E-state index in [1.165, 1.54) is 11.0 Å². The van der Waals surface area contributed by atoms with Crippen molar-refractivity contribution in [1.29, 1.82) is 0 Å². The molecular weight excluding hydrogens is 411 g/mol. The number of piperidine rings is 1. The van der Waals surface area contributed by atoms with Crippen LogP contribution in [0.25, 0.3) is 0 Å². The van der Waals surface area contributed by atoms with E-state index in [0.29, 0.717) is 37.3 Å². The third kappa shape index (κ3) is 5.53. The average molecular weight is 435 g/mol. The van der Waals surface area contributed by atoms with Crippen LogP contribution in [0.2, 0.25) is 0 Å². The summed E-state index contributed by atoms with van der Waals surface area (Å²) in [5.41, 5.74) is -0.201. The SMILES string of the molecule is CN(C)C(=O)[C@@H](OC(=O)C1CCN(c2ccc(C(F)(F)F)cn2)CC1)c1ccccc1. The predicted molar refractivity (Wildman–Crippen MR) is 108 cm³/mol. The molecule has 1 fully saturated rings. The van der Waals surface area contributed by atoms with Gasteiger partial charge >= 0.3 is 12.1 Å². The number of carbonyl (C=O) groups is 2. The fourth-order valence-corrected chi connectivity index (χ4v) is 3.42. The highest BCUT2D eigenvalue weighted by molar-refractivity contribution is 5.85. The molecule has 1 aliphatic rings. The molecule has 0 unspecified atom stereocenters. The number of halogens is 3. The molecule has 166 valence electrons. The van der Waals surface area contributed by atoms with Gasteiger partial charge in [0.15, 0.2) is 0 Å². The molecular formula is C22H24F3N3O3. The van der Waals surface area contributed by atoms with E-state index in [0.717, 1.165) is 12.3 Å². The van der Waals surface area contributed by atoms with E-state index in [-0.39, 0.29) is 5.91 Å². The van der Waals surface area contributed by atoms with Gasteiger partial charge in [0, 0.05) is 38.9 Å². The number of rotatable bonds is 5. The quantitative estimate of drug-likeness (QED) is 0.671. The van der Waals surface area contributed by atoms with Crippen molar-refractivity contribution in [3.05, 3.63) is 59.8 Å². The minimum atomic E-state index is -4.43. The van der Waals surface area contributed by atoms with E-state index in [4.69, 9.17) is 4.74 Å². The Morgan fingerprint density at radius 1 is 1.10 bits per heavy atom. The van der Waals surface area contributed by atoms with Crippen molar-refractivity contribution in [2.24, 2.45) is 5.92 Å².